The molecule has 0 spiro atoms. The maximum atomic E-state index is 12.7. The van der Waals surface area contributed by atoms with Gasteiger partial charge >= 0.3 is 10.1 Å². The molecule has 5 aromatic carbocycles. The van der Waals surface area contributed by atoms with Gasteiger partial charge in [0.1, 0.15) is 10.6 Å². The quantitative estimate of drug-likeness (QED) is 0.197. The van der Waals surface area contributed by atoms with Gasteiger partial charge in [0.15, 0.2) is 0 Å². The van der Waals surface area contributed by atoms with E-state index in [2.05, 4.69) is 10.5 Å². The predicted molar refractivity (Wildman–Crippen MR) is 137 cm³/mol. The lowest BCUT2D eigenvalue weighted by Crippen LogP contribution is -2.17. The van der Waals surface area contributed by atoms with Gasteiger partial charge in [0.05, 0.1) is 6.21 Å². The second kappa shape index (κ2) is 9.40. The highest BCUT2D eigenvalue weighted by atomic mass is 32.2. The second-order valence-electron chi connectivity index (χ2n) is 7.88. The molecule has 1 N–H and O–H groups in total. The number of hydrogen-bond acceptors (Lipinski definition) is 5. The maximum Gasteiger partial charge on any atom is 0.339 e. The molecule has 0 fully saturated rings. The summed E-state index contributed by atoms with van der Waals surface area (Å²) in [4.78, 5) is 12.5. The van der Waals surface area contributed by atoms with Crippen LogP contribution in [0.3, 0.4) is 0 Å². The highest BCUT2D eigenvalue weighted by Crippen LogP contribution is 2.23. The van der Waals surface area contributed by atoms with Crippen molar-refractivity contribution in [1.82, 2.24) is 5.43 Å². The van der Waals surface area contributed by atoms with Crippen molar-refractivity contribution in [3.63, 3.8) is 0 Å². The van der Waals surface area contributed by atoms with Gasteiger partial charge in [-0.15, -0.1) is 0 Å². The molecular weight excluding hydrogens is 460 g/mol. The maximum absolute atomic E-state index is 12.7. The van der Waals surface area contributed by atoms with Gasteiger partial charge in [0.2, 0.25) is 0 Å². The van der Waals surface area contributed by atoms with E-state index in [1.54, 1.807) is 30.3 Å². The second-order valence-corrected chi connectivity index (χ2v) is 9.42. The number of nitrogens with one attached hydrogen (secondary N) is 1. The molecule has 172 valence electrons. The summed E-state index contributed by atoms with van der Waals surface area (Å²) in [6.07, 6.45) is 1.47. The van der Waals surface area contributed by atoms with Gasteiger partial charge in [0.25, 0.3) is 5.91 Å². The van der Waals surface area contributed by atoms with Crippen molar-refractivity contribution in [3.8, 4) is 5.75 Å². The average molecular weight is 481 g/mol. The Bertz CT molecular complexity index is 1680. The van der Waals surface area contributed by atoms with E-state index in [9.17, 15) is 13.2 Å². The van der Waals surface area contributed by atoms with Crippen molar-refractivity contribution in [2.24, 2.45) is 5.10 Å². The largest absolute Gasteiger partial charge is 0.379 e. The SMILES string of the molecule is O=C(N/N=C\c1ccc(OS(=O)(=O)c2ccc3ccccc3c2)cc1)c1ccc2ccccc2c1. The minimum Gasteiger partial charge on any atom is -0.379 e. The molecule has 6 nitrogen and oxygen atoms in total. The Hall–Kier alpha value is -4.49. The number of carbonyl (C=O) groups is 1. The first-order chi connectivity index (χ1) is 17.0. The Labute approximate surface area is 202 Å². The zero-order chi connectivity index (χ0) is 24.3. The minimum atomic E-state index is -3.98. The molecule has 0 bridgehead atoms. The molecule has 0 aliphatic rings. The van der Waals surface area contributed by atoms with E-state index >= 15 is 0 Å². The fourth-order valence-electron chi connectivity index (χ4n) is 3.67. The Morgan fingerprint density at radius 2 is 1.31 bits per heavy atom. The molecule has 0 radical (unpaired) electrons. The molecule has 0 unspecified atom stereocenters. The summed E-state index contributed by atoms with van der Waals surface area (Å²) in [6.45, 7) is 0. The summed E-state index contributed by atoms with van der Waals surface area (Å²) in [7, 11) is -3.98. The smallest absolute Gasteiger partial charge is 0.339 e. The third kappa shape index (κ3) is 5.05. The van der Waals surface area contributed by atoms with Crippen molar-refractivity contribution in [2.75, 3.05) is 0 Å². The third-order valence-corrected chi connectivity index (χ3v) is 6.73. The number of hydrogen-bond donors (Lipinski definition) is 1. The van der Waals surface area contributed by atoms with Crippen LogP contribution >= 0.6 is 0 Å². The minimum absolute atomic E-state index is 0.0817. The monoisotopic (exact) mass is 480 g/mol. The number of nitrogens with zero attached hydrogens (tertiary/aromatic N) is 1. The van der Waals surface area contributed by atoms with Crippen LogP contribution in [-0.2, 0) is 10.1 Å². The molecule has 35 heavy (non-hydrogen) atoms. The van der Waals surface area contributed by atoms with E-state index in [0.717, 1.165) is 21.5 Å². The first-order valence-electron chi connectivity index (χ1n) is 10.8. The van der Waals surface area contributed by atoms with Crippen LogP contribution in [0.15, 0.2) is 119 Å². The molecule has 0 aromatic heterocycles. The van der Waals surface area contributed by atoms with Crippen LogP contribution in [0.1, 0.15) is 15.9 Å². The Balaban J connectivity index is 1.23. The van der Waals surface area contributed by atoms with Gasteiger partial charge in [-0.2, -0.15) is 13.5 Å². The van der Waals surface area contributed by atoms with E-state index in [4.69, 9.17) is 4.18 Å². The lowest BCUT2D eigenvalue weighted by Gasteiger charge is -2.08. The molecular formula is C28H20N2O4S. The first-order valence-corrected chi connectivity index (χ1v) is 12.2. The summed E-state index contributed by atoms with van der Waals surface area (Å²) >= 11 is 0. The fourth-order valence-corrected chi connectivity index (χ4v) is 4.63. The molecule has 1 amide bonds. The number of carbonyl (C=O) groups excluding carboxylic acids is 1. The van der Waals surface area contributed by atoms with E-state index in [1.807, 2.05) is 60.7 Å². The predicted octanol–water partition coefficient (Wildman–Crippen LogP) is 5.52. The molecule has 7 heteroatoms. The van der Waals surface area contributed by atoms with E-state index in [1.165, 1.54) is 24.4 Å². The van der Waals surface area contributed by atoms with Crippen LogP contribution in [0.5, 0.6) is 5.75 Å². The molecule has 0 saturated heterocycles. The Morgan fingerprint density at radius 1 is 0.714 bits per heavy atom. The van der Waals surface area contributed by atoms with Gasteiger partial charge in [-0.25, -0.2) is 5.43 Å². The van der Waals surface area contributed by atoms with Crippen molar-refractivity contribution in [3.05, 3.63) is 120 Å². The average Bonchev–Trinajstić information content (AvgIpc) is 2.89. The normalized spacial score (nSPS) is 11.7. The summed E-state index contributed by atoms with van der Waals surface area (Å²) < 4.78 is 30.7. The highest BCUT2D eigenvalue weighted by molar-refractivity contribution is 7.87. The van der Waals surface area contributed by atoms with Crippen LogP contribution in [0.4, 0.5) is 0 Å². The number of fused-ring (bicyclic) bond motifs is 2. The molecule has 0 aliphatic carbocycles. The summed E-state index contributed by atoms with van der Waals surface area (Å²) in [5.41, 5.74) is 3.67. The van der Waals surface area contributed by atoms with Gasteiger partial charge in [-0.05, 0) is 75.6 Å². The number of hydrazone groups is 1. The number of benzene rings is 5. The van der Waals surface area contributed by atoms with Crippen LogP contribution in [-0.4, -0.2) is 20.5 Å². The Morgan fingerprint density at radius 3 is 2.00 bits per heavy atom. The van der Waals surface area contributed by atoms with Gasteiger partial charge in [-0.3, -0.25) is 4.79 Å². The Kier molecular flexibility index (Phi) is 5.99. The topological polar surface area (TPSA) is 84.8 Å². The fraction of sp³-hybridized carbons (Fsp3) is 0. The molecule has 0 saturated carbocycles. The highest BCUT2D eigenvalue weighted by Gasteiger charge is 2.17. The van der Waals surface area contributed by atoms with Crippen LogP contribution in [0.25, 0.3) is 21.5 Å². The van der Waals surface area contributed by atoms with Crippen LogP contribution in [0.2, 0.25) is 0 Å². The van der Waals surface area contributed by atoms with Crippen LogP contribution < -0.4 is 9.61 Å². The molecule has 5 aromatic rings. The van der Waals surface area contributed by atoms with Gasteiger partial charge in [0, 0.05) is 5.56 Å². The van der Waals surface area contributed by atoms with E-state index in [-0.39, 0.29) is 16.6 Å². The van der Waals surface area contributed by atoms with Crippen molar-refractivity contribution >= 4 is 43.8 Å². The third-order valence-electron chi connectivity index (χ3n) is 5.49. The molecule has 0 atom stereocenters. The first kappa shape index (κ1) is 22.3. The zero-order valence-corrected chi connectivity index (χ0v) is 19.3. The molecule has 5 rings (SSSR count). The van der Waals surface area contributed by atoms with Crippen molar-refractivity contribution in [1.29, 1.82) is 0 Å². The van der Waals surface area contributed by atoms with Crippen molar-refractivity contribution < 1.29 is 17.4 Å². The molecule has 0 aliphatic heterocycles. The standard InChI is InChI=1S/C28H20N2O4S/c31-28(25-12-11-21-5-1-3-7-23(21)17-25)30-29-19-20-9-14-26(15-10-20)34-35(32,33)27-16-13-22-6-2-4-8-24(22)18-27/h1-19H,(H,30,31)/b29-19-. The van der Waals surface area contributed by atoms with Crippen molar-refractivity contribution in [2.45, 2.75) is 4.90 Å². The van der Waals surface area contributed by atoms with E-state index in [0.29, 0.717) is 11.1 Å². The van der Waals surface area contributed by atoms with Gasteiger partial charge in [-0.1, -0.05) is 60.7 Å². The number of amides is 1. The van der Waals surface area contributed by atoms with Crippen LogP contribution in [0, 0.1) is 0 Å². The van der Waals surface area contributed by atoms with Gasteiger partial charge < -0.3 is 4.18 Å². The summed E-state index contributed by atoms with van der Waals surface area (Å²) in [5, 5.41) is 7.78. The number of rotatable bonds is 6. The summed E-state index contributed by atoms with van der Waals surface area (Å²) in [6, 6.07) is 32.0. The zero-order valence-electron chi connectivity index (χ0n) is 18.5. The summed E-state index contributed by atoms with van der Waals surface area (Å²) in [5.74, 6) is -0.149. The molecule has 0 heterocycles. The van der Waals surface area contributed by atoms with E-state index < -0.39 is 10.1 Å². The lowest BCUT2D eigenvalue weighted by atomic mass is 10.1. The lowest BCUT2D eigenvalue weighted by molar-refractivity contribution is 0.0955.